The molecule has 1 aliphatic heterocycles. The van der Waals surface area contributed by atoms with Crippen molar-refractivity contribution < 1.29 is 18.0 Å². The summed E-state index contributed by atoms with van der Waals surface area (Å²) in [5.74, 6) is 0.363. The van der Waals surface area contributed by atoms with Gasteiger partial charge in [0.1, 0.15) is 0 Å². The van der Waals surface area contributed by atoms with Crippen LogP contribution in [0.3, 0.4) is 0 Å². The first kappa shape index (κ1) is 20.9. The lowest BCUT2D eigenvalue weighted by atomic mass is 10.00. The van der Waals surface area contributed by atoms with Crippen LogP contribution in [0.15, 0.2) is 17.1 Å². The van der Waals surface area contributed by atoms with Gasteiger partial charge in [-0.3, -0.25) is 18.8 Å². The van der Waals surface area contributed by atoms with Gasteiger partial charge < -0.3 is 4.90 Å². The van der Waals surface area contributed by atoms with Crippen molar-refractivity contribution in [2.75, 3.05) is 13.1 Å². The third-order valence-corrected chi connectivity index (χ3v) is 6.36. The second kappa shape index (κ2) is 8.07. The van der Waals surface area contributed by atoms with Gasteiger partial charge in [0.25, 0.3) is 5.56 Å². The van der Waals surface area contributed by atoms with Crippen LogP contribution in [-0.2, 0) is 17.5 Å². The number of alkyl halides is 3. The number of carbonyl (C=O) groups excluding carboxylic acids is 1. The third-order valence-electron chi connectivity index (χ3n) is 6.36. The predicted molar refractivity (Wildman–Crippen MR) is 106 cm³/mol. The number of carbonyl (C=O) groups is 1. The molecule has 2 aliphatic rings. The van der Waals surface area contributed by atoms with Crippen molar-refractivity contribution in [3.05, 3.63) is 28.2 Å². The number of likely N-dealkylation sites (tertiary alicyclic amines) is 1. The van der Waals surface area contributed by atoms with Gasteiger partial charge in [-0.2, -0.15) is 18.3 Å². The molecule has 0 radical (unpaired) electrons. The van der Waals surface area contributed by atoms with E-state index >= 15 is 0 Å². The summed E-state index contributed by atoms with van der Waals surface area (Å²) in [6.07, 6.45) is 2.65. The van der Waals surface area contributed by atoms with Gasteiger partial charge in [0.05, 0.1) is 11.6 Å². The quantitative estimate of drug-likeness (QED) is 0.746. The fourth-order valence-corrected chi connectivity index (χ4v) is 4.74. The normalized spacial score (nSPS) is 20.9. The maximum absolute atomic E-state index is 13.6. The number of pyridine rings is 1. The fraction of sp³-hybridized carbons (Fsp3) is 0.667. The number of halogens is 3. The lowest BCUT2D eigenvalue weighted by molar-refractivity contribution is -0.136. The molecule has 0 N–H and O–H groups in total. The van der Waals surface area contributed by atoms with E-state index in [1.807, 2.05) is 0 Å². The number of fused-ring (bicyclic) bond motifs is 1. The molecule has 6 nitrogen and oxygen atoms in total. The number of rotatable bonds is 4. The second-order valence-corrected chi connectivity index (χ2v) is 8.67. The van der Waals surface area contributed by atoms with Crippen molar-refractivity contribution in [3.63, 3.8) is 0 Å². The SMILES string of the molecule is C[C@H]1CCCN(C(=O)CCn2c(=O)cc(C(F)(F)F)c3cn(C4CCCC4)nc32)C1. The van der Waals surface area contributed by atoms with E-state index in [2.05, 4.69) is 12.0 Å². The Labute approximate surface area is 172 Å². The van der Waals surface area contributed by atoms with Gasteiger partial charge in [0.15, 0.2) is 5.65 Å². The third kappa shape index (κ3) is 4.11. The molecule has 0 bridgehead atoms. The largest absolute Gasteiger partial charge is 0.417 e. The minimum absolute atomic E-state index is 0.0153. The summed E-state index contributed by atoms with van der Waals surface area (Å²) < 4.78 is 43.5. The smallest absolute Gasteiger partial charge is 0.342 e. The molecule has 1 saturated carbocycles. The maximum atomic E-state index is 13.6. The van der Waals surface area contributed by atoms with Gasteiger partial charge in [-0.05, 0) is 31.6 Å². The van der Waals surface area contributed by atoms with Gasteiger partial charge in [0.2, 0.25) is 5.91 Å². The molecule has 164 valence electrons. The molecule has 1 atom stereocenters. The molecule has 2 aromatic heterocycles. The predicted octanol–water partition coefficient (Wildman–Crippen LogP) is 3.98. The minimum atomic E-state index is -4.64. The van der Waals surface area contributed by atoms with Crippen molar-refractivity contribution in [3.8, 4) is 0 Å². The summed E-state index contributed by atoms with van der Waals surface area (Å²) >= 11 is 0. The zero-order chi connectivity index (χ0) is 21.5. The number of hydrogen-bond acceptors (Lipinski definition) is 3. The van der Waals surface area contributed by atoms with E-state index in [0.29, 0.717) is 25.1 Å². The molecule has 9 heteroatoms. The Kier molecular flexibility index (Phi) is 5.63. The average Bonchev–Trinajstić information content (AvgIpc) is 3.35. The average molecular weight is 424 g/mol. The summed E-state index contributed by atoms with van der Waals surface area (Å²) in [4.78, 5) is 27.0. The molecule has 2 aromatic rings. The van der Waals surface area contributed by atoms with Crippen LogP contribution in [0.1, 0.15) is 63.5 Å². The number of aromatic nitrogens is 3. The Morgan fingerprint density at radius 2 is 1.93 bits per heavy atom. The van der Waals surface area contributed by atoms with E-state index < -0.39 is 17.3 Å². The monoisotopic (exact) mass is 424 g/mol. The van der Waals surface area contributed by atoms with Crippen LogP contribution in [0.25, 0.3) is 11.0 Å². The number of nitrogens with zero attached hydrogens (tertiary/aromatic N) is 4. The molecule has 3 heterocycles. The Bertz CT molecular complexity index is 989. The standard InChI is InChI=1S/C21H27F3N4O2/c1-14-5-4-9-26(12-14)18(29)8-10-27-19(30)11-17(21(22,23)24)16-13-28(25-20(16)27)15-6-2-3-7-15/h11,13-15H,2-10,12H2,1H3/t14-/m0/s1. The summed E-state index contributed by atoms with van der Waals surface area (Å²) in [5.41, 5.74) is -1.72. The Morgan fingerprint density at radius 3 is 2.60 bits per heavy atom. The number of piperidine rings is 1. The summed E-state index contributed by atoms with van der Waals surface area (Å²) in [7, 11) is 0. The number of amides is 1. The Hall–Kier alpha value is -2.32. The number of aryl methyl sites for hydroxylation is 1. The van der Waals surface area contributed by atoms with E-state index in [9.17, 15) is 22.8 Å². The van der Waals surface area contributed by atoms with E-state index in [4.69, 9.17) is 0 Å². The van der Waals surface area contributed by atoms with Crippen molar-refractivity contribution in [1.82, 2.24) is 19.2 Å². The van der Waals surface area contributed by atoms with Crippen LogP contribution in [0.2, 0.25) is 0 Å². The number of hydrogen-bond donors (Lipinski definition) is 0. The topological polar surface area (TPSA) is 60.1 Å². The molecule has 1 amide bonds. The van der Waals surface area contributed by atoms with Crippen LogP contribution >= 0.6 is 0 Å². The van der Waals surface area contributed by atoms with E-state index in [-0.39, 0.29) is 35.9 Å². The first-order valence-corrected chi connectivity index (χ1v) is 10.7. The Morgan fingerprint density at radius 1 is 1.20 bits per heavy atom. The molecular formula is C21H27F3N4O2. The Balaban J connectivity index is 1.66. The lowest BCUT2D eigenvalue weighted by Gasteiger charge is -2.31. The summed E-state index contributed by atoms with van der Waals surface area (Å²) in [6.45, 7) is 3.50. The van der Waals surface area contributed by atoms with Gasteiger partial charge in [-0.15, -0.1) is 0 Å². The molecule has 0 unspecified atom stereocenters. The molecule has 1 aliphatic carbocycles. The molecule has 0 spiro atoms. The molecule has 30 heavy (non-hydrogen) atoms. The highest BCUT2D eigenvalue weighted by atomic mass is 19.4. The van der Waals surface area contributed by atoms with Gasteiger partial charge >= 0.3 is 6.18 Å². The van der Waals surface area contributed by atoms with E-state index in [1.165, 1.54) is 10.8 Å². The molecule has 4 rings (SSSR count). The lowest BCUT2D eigenvalue weighted by Crippen LogP contribution is -2.39. The van der Waals surface area contributed by atoms with Crippen LogP contribution in [0.4, 0.5) is 13.2 Å². The van der Waals surface area contributed by atoms with Crippen molar-refractivity contribution in [2.45, 2.75) is 70.6 Å². The van der Waals surface area contributed by atoms with Crippen LogP contribution < -0.4 is 5.56 Å². The molecule has 1 saturated heterocycles. The van der Waals surface area contributed by atoms with E-state index in [1.54, 1.807) is 9.58 Å². The first-order chi connectivity index (χ1) is 14.2. The van der Waals surface area contributed by atoms with Crippen molar-refractivity contribution in [2.24, 2.45) is 5.92 Å². The van der Waals surface area contributed by atoms with Crippen molar-refractivity contribution >= 4 is 16.9 Å². The first-order valence-electron chi connectivity index (χ1n) is 10.7. The maximum Gasteiger partial charge on any atom is 0.417 e. The zero-order valence-electron chi connectivity index (χ0n) is 17.1. The second-order valence-electron chi connectivity index (χ2n) is 8.67. The summed E-state index contributed by atoms with van der Waals surface area (Å²) in [5, 5.41) is 4.31. The van der Waals surface area contributed by atoms with Crippen LogP contribution in [0, 0.1) is 5.92 Å². The summed E-state index contributed by atoms with van der Waals surface area (Å²) in [6, 6.07) is 0.690. The molecule has 2 fully saturated rings. The van der Waals surface area contributed by atoms with Gasteiger partial charge in [-0.1, -0.05) is 19.8 Å². The highest BCUT2D eigenvalue weighted by Gasteiger charge is 2.35. The minimum Gasteiger partial charge on any atom is -0.342 e. The fourth-order valence-electron chi connectivity index (χ4n) is 4.74. The zero-order valence-corrected chi connectivity index (χ0v) is 17.1. The molecule has 0 aromatic carbocycles. The molecular weight excluding hydrogens is 397 g/mol. The highest BCUT2D eigenvalue weighted by molar-refractivity contribution is 5.80. The van der Waals surface area contributed by atoms with Crippen molar-refractivity contribution in [1.29, 1.82) is 0 Å². The highest BCUT2D eigenvalue weighted by Crippen LogP contribution is 2.36. The van der Waals surface area contributed by atoms with Gasteiger partial charge in [0, 0.05) is 43.7 Å². The van der Waals surface area contributed by atoms with Crippen LogP contribution in [0.5, 0.6) is 0 Å². The van der Waals surface area contributed by atoms with E-state index in [0.717, 1.165) is 38.5 Å². The van der Waals surface area contributed by atoms with Gasteiger partial charge in [-0.25, -0.2) is 0 Å². The van der Waals surface area contributed by atoms with Crippen LogP contribution in [-0.4, -0.2) is 38.2 Å².